The van der Waals surface area contributed by atoms with E-state index in [1.165, 1.54) is 0 Å². The summed E-state index contributed by atoms with van der Waals surface area (Å²) in [6, 6.07) is 5.64. The number of hydrogen-bond donors (Lipinski definition) is 2. The third-order valence-electron chi connectivity index (χ3n) is 3.39. The second-order valence-corrected chi connectivity index (χ2v) is 6.03. The van der Waals surface area contributed by atoms with Crippen molar-refractivity contribution in [3.63, 3.8) is 0 Å². The zero-order valence-electron chi connectivity index (χ0n) is 13.2. The van der Waals surface area contributed by atoms with Crippen molar-refractivity contribution in [2.24, 2.45) is 0 Å². The lowest BCUT2D eigenvalue weighted by Gasteiger charge is -2.38. The van der Waals surface area contributed by atoms with Crippen molar-refractivity contribution in [1.29, 1.82) is 0 Å². The summed E-state index contributed by atoms with van der Waals surface area (Å²) in [6.45, 7) is 9.57. The summed E-state index contributed by atoms with van der Waals surface area (Å²) in [5.41, 5.74) is 1.55. The van der Waals surface area contributed by atoms with E-state index in [0.717, 1.165) is 30.1 Å². The van der Waals surface area contributed by atoms with E-state index in [9.17, 15) is 4.79 Å². The van der Waals surface area contributed by atoms with Crippen LogP contribution in [0, 0.1) is 6.92 Å². The van der Waals surface area contributed by atoms with Crippen LogP contribution in [-0.2, 0) is 9.53 Å². The molecule has 5 heteroatoms. The van der Waals surface area contributed by atoms with E-state index in [-0.39, 0.29) is 24.2 Å². The number of carbonyl (C=O) groups excluding carboxylic acids is 1. The molecule has 1 heterocycles. The molecule has 2 rings (SSSR count). The Morgan fingerprint density at radius 1 is 1.43 bits per heavy atom. The molecule has 116 valence electrons. The van der Waals surface area contributed by atoms with Gasteiger partial charge in [0, 0.05) is 18.8 Å². The number of rotatable bonds is 6. The van der Waals surface area contributed by atoms with Crippen LogP contribution in [-0.4, -0.2) is 37.3 Å². The first-order valence-corrected chi connectivity index (χ1v) is 7.30. The third kappa shape index (κ3) is 4.44. The van der Waals surface area contributed by atoms with Gasteiger partial charge in [-0.15, -0.1) is 0 Å². The van der Waals surface area contributed by atoms with Gasteiger partial charge in [-0.25, -0.2) is 0 Å². The number of ether oxygens (including phenoxy) is 2. The highest BCUT2D eigenvalue weighted by atomic mass is 16.5. The van der Waals surface area contributed by atoms with Crippen LogP contribution in [0.1, 0.15) is 26.3 Å². The molecule has 5 nitrogen and oxygen atoms in total. The lowest BCUT2D eigenvalue weighted by Crippen LogP contribution is -2.59. The van der Waals surface area contributed by atoms with Crippen molar-refractivity contribution in [2.45, 2.75) is 39.4 Å². The van der Waals surface area contributed by atoms with Gasteiger partial charge in [-0.3, -0.25) is 4.79 Å². The largest absolute Gasteiger partial charge is 0.491 e. The molecule has 0 aliphatic carbocycles. The number of anilines is 1. The Morgan fingerprint density at radius 3 is 2.67 bits per heavy atom. The van der Waals surface area contributed by atoms with Gasteiger partial charge in [0.1, 0.15) is 12.4 Å². The average Bonchev–Trinajstić information content (AvgIpc) is 2.37. The van der Waals surface area contributed by atoms with Crippen LogP contribution in [0.25, 0.3) is 0 Å². The van der Waals surface area contributed by atoms with E-state index >= 15 is 0 Å². The zero-order valence-corrected chi connectivity index (χ0v) is 13.2. The molecular formula is C16H24N2O3. The standard InChI is InChI=1S/C16H24N2O3/c1-11(2)21-13-5-6-14(12(3)7-13)18-15(19)8-20-16(4)9-17-10-16/h5-7,11,17H,8-10H2,1-4H3,(H,18,19). The maximum absolute atomic E-state index is 11.9. The fourth-order valence-corrected chi connectivity index (χ4v) is 2.13. The second kappa shape index (κ2) is 6.45. The second-order valence-electron chi connectivity index (χ2n) is 6.03. The summed E-state index contributed by atoms with van der Waals surface area (Å²) in [7, 11) is 0. The van der Waals surface area contributed by atoms with Gasteiger partial charge in [-0.1, -0.05) is 0 Å². The van der Waals surface area contributed by atoms with E-state index in [1.54, 1.807) is 0 Å². The van der Waals surface area contributed by atoms with E-state index < -0.39 is 0 Å². The molecule has 21 heavy (non-hydrogen) atoms. The molecule has 0 radical (unpaired) electrons. The van der Waals surface area contributed by atoms with Crippen LogP contribution in [0.5, 0.6) is 5.75 Å². The number of aryl methyl sites for hydroxylation is 1. The molecule has 0 spiro atoms. The van der Waals surface area contributed by atoms with Crippen molar-refractivity contribution in [2.75, 3.05) is 25.0 Å². The number of amides is 1. The summed E-state index contributed by atoms with van der Waals surface area (Å²) < 4.78 is 11.2. The molecule has 1 aromatic carbocycles. The smallest absolute Gasteiger partial charge is 0.250 e. The molecule has 1 fully saturated rings. The molecule has 0 atom stereocenters. The fraction of sp³-hybridized carbons (Fsp3) is 0.562. The van der Waals surface area contributed by atoms with Gasteiger partial charge in [-0.2, -0.15) is 0 Å². The molecule has 0 saturated carbocycles. The molecule has 1 aliphatic rings. The summed E-state index contributed by atoms with van der Waals surface area (Å²) in [5, 5.41) is 6.01. The third-order valence-corrected chi connectivity index (χ3v) is 3.39. The molecule has 1 saturated heterocycles. The zero-order chi connectivity index (χ0) is 15.5. The number of nitrogens with one attached hydrogen (secondary N) is 2. The minimum atomic E-state index is -0.207. The van der Waals surface area contributed by atoms with Gasteiger partial charge < -0.3 is 20.1 Å². The molecule has 1 aromatic rings. The molecule has 1 aliphatic heterocycles. The number of benzene rings is 1. The molecule has 0 bridgehead atoms. The molecule has 1 amide bonds. The predicted octanol–water partition coefficient (Wildman–Crippen LogP) is 2.10. The SMILES string of the molecule is Cc1cc(OC(C)C)ccc1NC(=O)COC1(C)CNC1. The monoisotopic (exact) mass is 292 g/mol. The maximum Gasteiger partial charge on any atom is 0.250 e. The van der Waals surface area contributed by atoms with E-state index in [1.807, 2.05) is 45.9 Å². The highest BCUT2D eigenvalue weighted by Gasteiger charge is 2.33. The highest BCUT2D eigenvalue weighted by molar-refractivity contribution is 5.92. The highest BCUT2D eigenvalue weighted by Crippen LogP contribution is 2.22. The van der Waals surface area contributed by atoms with Crippen LogP contribution < -0.4 is 15.4 Å². The lowest BCUT2D eigenvalue weighted by atomic mass is 10.0. The van der Waals surface area contributed by atoms with Crippen LogP contribution in [0.3, 0.4) is 0 Å². The van der Waals surface area contributed by atoms with Crippen molar-refractivity contribution in [3.8, 4) is 5.75 Å². The van der Waals surface area contributed by atoms with Gasteiger partial charge in [0.2, 0.25) is 5.91 Å². The number of hydrogen-bond acceptors (Lipinski definition) is 4. The Kier molecular flexibility index (Phi) is 4.85. The van der Waals surface area contributed by atoms with Crippen molar-refractivity contribution in [1.82, 2.24) is 5.32 Å². The predicted molar refractivity (Wildman–Crippen MR) is 82.8 cm³/mol. The van der Waals surface area contributed by atoms with Crippen molar-refractivity contribution >= 4 is 11.6 Å². The van der Waals surface area contributed by atoms with E-state index in [2.05, 4.69) is 10.6 Å². The summed E-state index contributed by atoms with van der Waals surface area (Å²) in [4.78, 5) is 11.9. The summed E-state index contributed by atoms with van der Waals surface area (Å²) >= 11 is 0. The minimum absolute atomic E-state index is 0.0713. The molecule has 2 N–H and O–H groups in total. The Hall–Kier alpha value is -1.59. The van der Waals surface area contributed by atoms with Gasteiger partial charge in [0.15, 0.2) is 0 Å². The Bertz CT molecular complexity index is 510. The quantitative estimate of drug-likeness (QED) is 0.843. The first-order chi connectivity index (χ1) is 9.88. The minimum Gasteiger partial charge on any atom is -0.491 e. The maximum atomic E-state index is 11.9. The topological polar surface area (TPSA) is 59.6 Å². The van der Waals surface area contributed by atoms with E-state index in [0.29, 0.717) is 0 Å². The normalized spacial score (nSPS) is 16.4. The van der Waals surface area contributed by atoms with Gasteiger partial charge in [-0.05, 0) is 51.5 Å². The van der Waals surface area contributed by atoms with Crippen LogP contribution in [0.2, 0.25) is 0 Å². The van der Waals surface area contributed by atoms with Crippen LogP contribution in [0.4, 0.5) is 5.69 Å². The molecule has 0 unspecified atom stereocenters. The average molecular weight is 292 g/mol. The Labute approximate surface area is 126 Å². The van der Waals surface area contributed by atoms with Gasteiger partial charge in [0.05, 0.1) is 11.7 Å². The summed E-state index contributed by atoms with van der Waals surface area (Å²) in [5.74, 6) is 0.675. The van der Waals surface area contributed by atoms with Gasteiger partial charge >= 0.3 is 0 Å². The number of carbonyl (C=O) groups is 1. The van der Waals surface area contributed by atoms with Crippen molar-refractivity contribution in [3.05, 3.63) is 23.8 Å². The lowest BCUT2D eigenvalue weighted by molar-refractivity contribution is -0.130. The first-order valence-electron chi connectivity index (χ1n) is 7.30. The van der Waals surface area contributed by atoms with Crippen LogP contribution >= 0.6 is 0 Å². The van der Waals surface area contributed by atoms with E-state index in [4.69, 9.17) is 9.47 Å². The summed E-state index contributed by atoms with van der Waals surface area (Å²) in [6.07, 6.45) is 0.134. The Balaban J connectivity index is 1.88. The Morgan fingerprint density at radius 2 is 2.14 bits per heavy atom. The van der Waals surface area contributed by atoms with Crippen molar-refractivity contribution < 1.29 is 14.3 Å². The first kappa shape index (κ1) is 15.8. The fourth-order valence-electron chi connectivity index (χ4n) is 2.13. The van der Waals surface area contributed by atoms with Gasteiger partial charge in [0.25, 0.3) is 0 Å². The molecule has 0 aromatic heterocycles. The molecular weight excluding hydrogens is 268 g/mol. The van der Waals surface area contributed by atoms with Crippen LogP contribution in [0.15, 0.2) is 18.2 Å².